The molecule has 5 nitrogen and oxygen atoms in total. The number of aliphatic hydroxyl groups excluding tert-OH is 4. The standard InChI is InChI=1S/C6H12O5.4Ac/c1-2-3(7)4(8)5(9)6(10)11-2;;;;/h2-10H,1H3;;;;. The first-order chi connectivity index (χ1) is 5.04. The first kappa shape index (κ1) is 28.7. The van der Waals surface area contributed by atoms with E-state index in [9.17, 15) is 0 Å². The van der Waals surface area contributed by atoms with E-state index in [1.807, 2.05) is 0 Å². The van der Waals surface area contributed by atoms with E-state index in [1.165, 1.54) is 6.92 Å². The second kappa shape index (κ2) is 14.5. The number of aliphatic hydroxyl groups is 4. The number of ether oxygens (including phenoxy) is 1. The summed E-state index contributed by atoms with van der Waals surface area (Å²) in [4.78, 5) is 0. The van der Waals surface area contributed by atoms with Crippen LogP contribution in [0.15, 0.2) is 0 Å². The van der Waals surface area contributed by atoms with Gasteiger partial charge in [0.2, 0.25) is 0 Å². The van der Waals surface area contributed by atoms with Gasteiger partial charge in [0.05, 0.1) is 6.10 Å². The van der Waals surface area contributed by atoms with Gasteiger partial charge in [-0.15, -0.1) is 0 Å². The van der Waals surface area contributed by atoms with E-state index in [2.05, 4.69) is 4.74 Å². The first-order valence-electron chi connectivity index (χ1n) is 3.41. The number of hydrogen-bond donors (Lipinski definition) is 4. The molecule has 1 heterocycles. The van der Waals surface area contributed by atoms with Crippen LogP contribution in [0.5, 0.6) is 0 Å². The third-order valence-corrected chi connectivity index (χ3v) is 1.83. The van der Waals surface area contributed by atoms with E-state index < -0.39 is 30.7 Å². The average molecular weight is 1070 g/mol. The zero-order valence-electron chi connectivity index (χ0n) is 8.39. The molecule has 4 radical (unpaired) electrons. The molecule has 1 fully saturated rings. The second-order valence-electron chi connectivity index (χ2n) is 2.70. The zero-order chi connectivity index (χ0) is 8.59. The Morgan fingerprint density at radius 2 is 1.13 bits per heavy atom. The summed E-state index contributed by atoms with van der Waals surface area (Å²) in [6.07, 6.45) is -5.99. The Labute approximate surface area is 232 Å². The molecule has 0 aromatic carbocycles. The van der Waals surface area contributed by atoms with Crippen LogP contribution in [0, 0.1) is 176 Å². The maximum absolute atomic E-state index is 9.09. The van der Waals surface area contributed by atoms with Crippen molar-refractivity contribution in [3.8, 4) is 0 Å². The van der Waals surface area contributed by atoms with Crippen molar-refractivity contribution in [2.45, 2.75) is 37.6 Å². The molecule has 0 aromatic heterocycles. The van der Waals surface area contributed by atoms with Crippen LogP contribution >= 0.6 is 0 Å². The summed E-state index contributed by atoms with van der Waals surface area (Å²) in [7, 11) is 0. The Morgan fingerprint density at radius 1 is 0.733 bits per heavy atom. The third-order valence-electron chi connectivity index (χ3n) is 1.83. The van der Waals surface area contributed by atoms with Crippen LogP contribution in [0.1, 0.15) is 6.92 Å². The van der Waals surface area contributed by atoms with Gasteiger partial charge in [-0.25, -0.2) is 0 Å². The van der Waals surface area contributed by atoms with Crippen LogP contribution in [0.25, 0.3) is 0 Å². The van der Waals surface area contributed by atoms with Crippen LogP contribution in [0.3, 0.4) is 0 Å². The Hall–Kier alpha value is 5.57. The monoisotopic (exact) mass is 1070 g/mol. The molecule has 15 heavy (non-hydrogen) atoms. The fourth-order valence-corrected chi connectivity index (χ4v) is 1.03. The zero-order valence-corrected chi connectivity index (χ0v) is 27.4. The van der Waals surface area contributed by atoms with Crippen LogP contribution in [-0.4, -0.2) is 51.1 Å². The molecule has 1 saturated heterocycles. The van der Waals surface area contributed by atoms with Gasteiger partial charge in [-0.3, -0.25) is 0 Å². The minimum absolute atomic E-state index is 0. The summed E-state index contributed by atoms with van der Waals surface area (Å²) >= 11 is 0. The van der Waals surface area contributed by atoms with Crippen molar-refractivity contribution < 1.29 is 201 Å². The van der Waals surface area contributed by atoms with Gasteiger partial charge in [0, 0.05) is 176 Å². The molecule has 0 spiro atoms. The molecule has 0 aliphatic carbocycles. The van der Waals surface area contributed by atoms with Gasteiger partial charge in [-0.05, 0) is 6.92 Å². The molecule has 1 rings (SSSR count). The van der Waals surface area contributed by atoms with Crippen molar-refractivity contribution in [3.05, 3.63) is 0 Å². The van der Waals surface area contributed by atoms with Gasteiger partial charge < -0.3 is 25.2 Å². The summed E-state index contributed by atoms with van der Waals surface area (Å²) in [5.74, 6) is 0. The van der Waals surface area contributed by atoms with Gasteiger partial charge in [0.15, 0.2) is 6.29 Å². The first-order valence-corrected chi connectivity index (χ1v) is 3.41. The normalized spacial score (nSPS) is 38.6. The Kier molecular flexibility index (Phi) is 27.7. The molecule has 0 saturated carbocycles. The maximum Gasteiger partial charge on any atom is 0.183 e. The molecular formula is C6H12Ac4O5. The van der Waals surface area contributed by atoms with E-state index in [1.54, 1.807) is 0 Å². The predicted molar refractivity (Wildman–Crippen MR) is 34.6 cm³/mol. The van der Waals surface area contributed by atoms with Gasteiger partial charge in [0.1, 0.15) is 18.3 Å². The number of hydrogen-bond acceptors (Lipinski definition) is 5. The van der Waals surface area contributed by atoms with Crippen molar-refractivity contribution in [1.29, 1.82) is 0 Å². The summed E-state index contributed by atoms with van der Waals surface area (Å²) in [5.41, 5.74) is 0. The van der Waals surface area contributed by atoms with Crippen molar-refractivity contribution >= 4 is 0 Å². The summed E-state index contributed by atoms with van der Waals surface area (Å²) in [5, 5.41) is 36.0. The van der Waals surface area contributed by atoms with Gasteiger partial charge >= 0.3 is 0 Å². The topological polar surface area (TPSA) is 90.2 Å². The van der Waals surface area contributed by atoms with Crippen molar-refractivity contribution in [3.63, 3.8) is 0 Å². The Balaban J connectivity index is -0.000000151. The van der Waals surface area contributed by atoms with Crippen LogP contribution in [-0.2, 0) is 4.74 Å². The average Bonchev–Trinajstić information content (AvgIpc) is 1.97. The molecule has 0 amide bonds. The van der Waals surface area contributed by atoms with Crippen molar-refractivity contribution in [2.75, 3.05) is 0 Å². The van der Waals surface area contributed by atoms with Crippen LogP contribution in [0.2, 0.25) is 0 Å². The Bertz CT molecular complexity index is 137. The summed E-state index contributed by atoms with van der Waals surface area (Å²) in [6, 6.07) is 0. The molecule has 1 aliphatic rings. The molecule has 1 aliphatic heterocycles. The predicted octanol–water partition coefficient (Wildman–Crippen LogP) is -2.19. The molecule has 5 atom stereocenters. The fraction of sp³-hybridized carbons (Fsp3) is 1.00. The van der Waals surface area contributed by atoms with Gasteiger partial charge in [0.25, 0.3) is 0 Å². The Morgan fingerprint density at radius 3 is 1.53 bits per heavy atom. The summed E-state index contributed by atoms with van der Waals surface area (Å²) in [6.45, 7) is 1.50. The largest absolute Gasteiger partial charge is 0.388 e. The van der Waals surface area contributed by atoms with Crippen LogP contribution < -0.4 is 0 Å². The van der Waals surface area contributed by atoms with Gasteiger partial charge in [-0.2, -0.15) is 0 Å². The molecule has 4 N–H and O–H groups in total. The van der Waals surface area contributed by atoms with Crippen molar-refractivity contribution in [2.24, 2.45) is 0 Å². The van der Waals surface area contributed by atoms with Crippen molar-refractivity contribution in [1.82, 2.24) is 0 Å². The van der Waals surface area contributed by atoms with E-state index in [0.717, 1.165) is 0 Å². The molecule has 78 valence electrons. The SMILES string of the molecule is CC1OC(O)C(O)C(O)C1O.[Ac].[Ac].[Ac].[Ac]. The van der Waals surface area contributed by atoms with E-state index in [-0.39, 0.29) is 176 Å². The van der Waals surface area contributed by atoms with Crippen LogP contribution in [0.4, 0.5) is 0 Å². The smallest absolute Gasteiger partial charge is 0.183 e. The minimum Gasteiger partial charge on any atom is -0.388 e. The molecule has 9 heteroatoms. The van der Waals surface area contributed by atoms with E-state index >= 15 is 0 Å². The second-order valence-corrected chi connectivity index (χ2v) is 2.70. The quantitative estimate of drug-likeness (QED) is 0.222. The van der Waals surface area contributed by atoms with Gasteiger partial charge in [-0.1, -0.05) is 0 Å². The summed E-state index contributed by atoms with van der Waals surface area (Å²) < 4.78 is 4.68. The fourth-order valence-electron chi connectivity index (χ4n) is 1.03. The molecule has 5 unspecified atom stereocenters. The molecular weight excluding hydrogens is 1060 g/mol. The van der Waals surface area contributed by atoms with E-state index in [0.29, 0.717) is 0 Å². The molecule has 0 bridgehead atoms. The maximum atomic E-state index is 9.09. The number of rotatable bonds is 0. The third kappa shape index (κ3) is 9.24. The minimum atomic E-state index is -1.43. The van der Waals surface area contributed by atoms with E-state index in [4.69, 9.17) is 20.4 Å². The molecule has 0 aromatic rings.